The number of carbonyl (C=O) groups excluding carboxylic acids is 1. The molecule has 0 aromatic heterocycles. The zero-order valence-electron chi connectivity index (χ0n) is 10.1. The molecule has 0 aromatic rings. The van der Waals surface area contributed by atoms with Crippen molar-refractivity contribution in [2.45, 2.75) is 45.1 Å². The number of allylic oxidation sites excluding steroid dienone is 2. The highest BCUT2D eigenvalue weighted by Crippen LogP contribution is 2.57. The Hall–Kier alpha value is -0.790. The molecule has 2 bridgehead atoms. The van der Waals surface area contributed by atoms with Crippen LogP contribution in [0.2, 0.25) is 0 Å². The van der Waals surface area contributed by atoms with Gasteiger partial charge in [-0.15, -0.1) is 0 Å². The molecule has 0 amide bonds. The molecule has 0 aromatic carbocycles. The molecule has 5 unspecified atom stereocenters. The Morgan fingerprint density at radius 3 is 2.88 bits per heavy atom. The lowest BCUT2D eigenvalue weighted by Crippen LogP contribution is -2.38. The van der Waals surface area contributed by atoms with E-state index in [-0.39, 0.29) is 11.6 Å². The normalized spacial score (nSPS) is 49.1. The maximum Gasteiger partial charge on any atom is 0.303 e. The Labute approximate surface area is 97.1 Å². The van der Waals surface area contributed by atoms with E-state index in [1.165, 1.54) is 19.8 Å². The highest BCUT2D eigenvalue weighted by molar-refractivity contribution is 5.66. The largest absolute Gasteiger partial charge is 0.460 e. The third-order valence-electron chi connectivity index (χ3n) is 4.79. The van der Waals surface area contributed by atoms with Gasteiger partial charge in [-0.25, -0.2) is 0 Å². The summed E-state index contributed by atoms with van der Waals surface area (Å²) in [7, 11) is 0. The minimum absolute atomic E-state index is 0.121. The predicted octanol–water partition coefficient (Wildman–Crippen LogP) is 2.93. The van der Waals surface area contributed by atoms with Crippen molar-refractivity contribution in [1.29, 1.82) is 0 Å². The van der Waals surface area contributed by atoms with Gasteiger partial charge in [0.15, 0.2) is 0 Å². The van der Waals surface area contributed by atoms with Gasteiger partial charge in [0, 0.05) is 6.92 Å². The highest BCUT2D eigenvalue weighted by Gasteiger charge is 2.52. The van der Waals surface area contributed by atoms with Crippen LogP contribution in [-0.2, 0) is 9.53 Å². The van der Waals surface area contributed by atoms with Gasteiger partial charge in [0.05, 0.1) is 0 Å². The molecule has 3 aliphatic carbocycles. The van der Waals surface area contributed by atoms with E-state index in [9.17, 15) is 4.79 Å². The SMILES string of the molecule is CC(=O)OC1(C)CC2CC(C1)C1CC=CC21. The Balaban J connectivity index is 1.80. The van der Waals surface area contributed by atoms with Crippen LogP contribution in [0.15, 0.2) is 12.2 Å². The number of hydrogen-bond donors (Lipinski definition) is 0. The van der Waals surface area contributed by atoms with Gasteiger partial charge < -0.3 is 4.74 Å². The van der Waals surface area contributed by atoms with E-state index in [4.69, 9.17) is 4.74 Å². The number of ether oxygens (including phenoxy) is 1. The summed E-state index contributed by atoms with van der Waals surface area (Å²) in [5, 5.41) is 0. The van der Waals surface area contributed by atoms with Gasteiger partial charge in [-0.3, -0.25) is 4.79 Å². The summed E-state index contributed by atoms with van der Waals surface area (Å²) in [6.07, 6.45) is 9.51. The van der Waals surface area contributed by atoms with E-state index < -0.39 is 0 Å². The predicted molar refractivity (Wildman–Crippen MR) is 61.7 cm³/mol. The Morgan fingerprint density at radius 1 is 1.38 bits per heavy atom. The first-order valence-electron chi connectivity index (χ1n) is 6.44. The van der Waals surface area contributed by atoms with Crippen LogP contribution < -0.4 is 0 Å². The average molecular weight is 220 g/mol. The molecule has 2 nitrogen and oxygen atoms in total. The van der Waals surface area contributed by atoms with Crippen molar-refractivity contribution in [3.8, 4) is 0 Å². The minimum Gasteiger partial charge on any atom is -0.460 e. The van der Waals surface area contributed by atoms with Crippen LogP contribution >= 0.6 is 0 Å². The zero-order chi connectivity index (χ0) is 11.3. The van der Waals surface area contributed by atoms with Crippen molar-refractivity contribution >= 4 is 5.97 Å². The topological polar surface area (TPSA) is 26.3 Å². The number of rotatable bonds is 1. The summed E-state index contributed by atoms with van der Waals surface area (Å²) in [6, 6.07) is 0. The lowest BCUT2D eigenvalue weighted by Gasteiger charge is -2.37. The van der Waals surface area contributed by atoms with E-state index in [0.29, 0.717) is 0 Å². The van der Waals surface area contributed by atoms with E-state index >= 15 is 0 Å². The summed E-state index contributed by atoms with van der Waals surface area (Å²) in [4.78, 5) is 11.2. The van der Waals surface area contributed by atoms with Crippen LogP contribution in [0.4, 0.5) is 0 Å². The lowest BCUT2D eigenvalue weighted by atomic mass is 9.76. The molecule has 0 spiro atoms. The highest BCUT2D eigenvalue weighted by atomic mass is 16.6. The second-order valence-electron chi connectivity index (χ2n) is 6.11. The average Bonchev–Trinajstić information content (AvgIpc) is 2.69. The monoisotopic (exact) mass is 220 g/mol. The van der Waals surface area contributed by atoms with Gasteiger partial charge in [-0.05, 0) is 56.3 Å². The number of carbonyl (C=O) groups is 1. The molecule has 16 heavy (non-hydrogen) atoms. The van der Waals surface area contributed by atoms with Gasteiger partial charge in [0.2, 0.25) is 0 Å². The van der Waals surface area contributed by atoms with Crippen molar-refractivity contribution in [3.63, 3.8) is 0 Å². The first kappa shape index (κ1) is 10.4. The van der Waals surface area contributed by atoms with Gasteiger partial charge in [0.1, 0.15) is 5.60 Å². The molecule has 3 rings (SSSR count). The second-order valence-corrected chi connectivity index (χ2v) is 6.11. The van der Waals surface area contributed by atoms with Crippen LogP contribution in [0.3, 0.4) is 0 Å². The first-order chi connectivity index (χ1) is 7.57. The fourth-order valence-corrected chi connectivity index (χ4v) is 4.50. The van der Waals surface area contributed by atoms with Crippen LogP contribution in [0.1, 0.15) is 39.5 Å². The molecule has 3 aliphatic rings. The van der Waals surface area contributed by atoms with E-state index in [2.05, 4.69) is 19.1 Å². The summed E-state index contributed by atoms with van der Waals surface area (Å²) < 4.78 is 5.56. The van der Waals surface area contributed by atoms with Crippen molar-refractivity contribution in [2.24, 2.45) is 23.7 Å². The quantitative estimate of drug-likeness (QED) is 0.501. The Kier molecular flexibility index (Phi) is 2.17. The molecule has 5 atom stereocenters. The number of esters is 1. The standard InChI is InChI=1S/C14H20O2/c1-9(15)16-14(2)7-10-6-11(8-14)13-5-3-4-12(10)13/h3-4,10-13H,5-8H2,1-2H3. The Bertz CT molecular complexity index is 347. The molecule has 0 radical (unpaired) electrons. The molecule has 2 fully saturated rings. The molecule has 2 saturated carbocycles. The minimum atomic E-state index is -0.183. The fraction of sp³-hybridized carbons (Fsp3) is 0.786. The maximum absolute atomic E-state index is 11.2. The fourth-order valence-electron chi connectivity index (χ4n) is 4.50. The molecule has 2 heteroatoms. The summed E-state index contributed by atoms with van der Waals surface area (Å²) >= 11 is 0. The molecule has 88 valence electrons. The van der Waals surface area contributed by atoms with E-state index in [1.54, 1.807) is 0 Å². The molecule has 0 N–H and O–H groups in total. The third-order valence-corrected chi connectivity index (χ3v) is 4.79. The number of hydrogen-bond acceptors (Lipinski definition) is 2. The van der Waals surface area contributed by atoms with Gasteiger partial charge in [-0.2, -0.15) is 0 Å². The van der Waals surface area contributed by atoms with Crippen LogP contribution in [0.5, 0.6) is 0 Å². The van der Waals surface area contributed by atoms with Crippen molar-refractivity contribution in [3.05, 3.63) is 12.2 Å². The Morgan fingerprint density at radius 2 is 2.12 bits per heavy atom. The molecule has 0 aliphatic heterocycles. The summed E-state index contributed by atoms with van der Waals surface area (Å²) in [5.74, 6) is 3.05. The van der Waals surface area contributed by atoms with Crippen LogP contribution in [0.25, 0.3) is 0 Å². The first-order valence-corrected chi connectivity index (χ1v) is 6.44. The third kappa shape index (κ3) is 1.50. The summed E-state index contributed by atoms with van der Waals surface area (Å²) in [6.45, 7) is 3.65. The number of fused-ring (bicyclic) bond motifs is 5. The molecular formula is C14H20O2. The molecular weight excluding hydrogens is 200 g/mol. The van der Waals surface area contributed by atoms with Crippen molar-refractivity contribution in [1.82, 2.24) is 0 Å². The van der Waals surface area contributed by atoms with Gasteiger partial charge in [-0.1, -0.05) is 12.2 Å². The van der Waals surface area contributed by atoms with E-state index in [1.807, 2.05) is 0 Å². The van der Waals surface area contributed by atoms with Crippen LogP contribution in [-0.4, -0.2) is 11.6 Å². The second kappa shape index (κ2) is 3.35. The van der Waals surface area contributed by atoms with Gasteiger partial charge >= 0.3 is 5.97 Å². The molecule has 0 saturated heterocycles. The lowest BCUT2D eigenvalue weighted by molar-refractivity contribution is -0.160. The smallest absolute Gasteiger partial charge is 0.303 e. The van der Waals surface area contributed by atoms with Crippen molar-refractivity contribution < 1.29 is 9.53 Å². The van der Waals surface area contributed by atoms with E-state index in [0.717, 1.165) is 36.5 Å². The van der Waals surface area contributed by atoms with Crippen LogP contribution in [0, 0.1) is 23.7 Å². The zero-order valence-corrected chi connectivity index (χ0v) is 10.1. The maximum atomic E-state index is 11.2. The van der Waals surface area contributed by atoms with Gasteiger partial charge in [0.25, 0.3) is 0 Å². The summed E-state index contributed by atoms with van der Waals surface area (Å²) in [5.41, 5.74) is -0.183. The van der Waals surface area contributed by atoms with Crippen molar-refractivity contribution in [2.75, 3.05) is 0 Å². The molecule has 0 heterocycles.